The fraction of sp³-hybridized carbons (Fsp3) is 0.941. The van der Waals surface area contributed by atoms with Gasteiger partial charge in [0, 0.05) is 0 Å². The van der Waals surface area contributed by atoms with Gasteiger partial charge in [0.25, 0.3) is 0 Å². The van der Waals surface area contributed by atoms with Gasteiger partial charge in [-0.15, -0.1) is 0 Å². The van der Waals surface area contributed by atoms with Crippen molar-refractivity contribution in [3.63, 3.8) is 0 Å². The van der Waals surface area contributed by atoms with Crippen LogP contribution in [0.4, 0.5) is 0 Å². The summed E-state index contributed by atoms with van der Waals surface area (Å²) in [4.78, 5) is 12.0. The lowest BCUT2D eigenvalue weighted by molar-refractivity contribution is -0.165. The maximum atomic E-state index is 12.0. The summed E-state index contributed by atoms with van der Waals surface area (Å²) >= 11 is 0. The molecule has 110 valence electrons. The summed E-state index contributed by atoms with van der Waals surface area (Å²) in [5.41, 5.74) is -0.369. The molecule has 0 amide bonds. The molecule has 0 heterocycles. The number of hydrogen-bond acceptors (Lipinski definition) is 1. The average molecular weight is 266 g/mol. The number of carboxylic acid groups (broad SMARTS) is 1. The van der Waals surface area contributed by atoms with Crippen molar-refractivity contribution in [2.24, 2.45) is 16.7 Å². The molecule has 0 radical (unpaired) electrons. The number of rotatable bonds is 4. The van der Waals surface area contributed by atoms with E-state index in [1.54, 1.807) is 0 Å². The standard InChI is InChI=1S/C17H30O2/c1-3-7-14-8-12-16(2,13-9-14)17(15(18)19)10-5-4-6-11-17/h14H,3-13H2,1-2H3,(H,18,19). The summed E-state index contributed by atoms with van der Waals surface area (Å²) in [6.45, 7) is 4.53. The molecule has 0 atom stereocenters. The Labute approximate surface area is 118 Å². The van der Waals surface area contributed by atoms with Gasteiger partial charge in [-0.05, 0) is 49.9 Å². The molecule has 2 nitrogen and oxygen atoms in total. The summed E-state index contributed by atoms with van der Waals surface area (Å²) in [6.07, 6.45) is 12.6. The molecular formula is C17H30O2. The lowest BCUT2D eigenvalue weighted by Gasteiger charge is -2.51. The molecule has 1 N–H and O–H groups in total. The molecule has 0 saturated heterocycles. The Kier molecular flexibility index (Phi) is 4.58. The highest BCUT2D eigenvalue weighted by atomic mass is 16.4. The van der Waals surface area contributed by atoms with Crippen LogP contribution in [0.25, 0.3) is 0 Å². The van der Waals surface area contributed by atoms with Crippen molar-refractivity contribution in [2.75, 3.05) is 0 Å². The lowest BCUT2D eigenvalue weighted by Crippen LogP contribution is -2.49. The molecule has 2 aliphatic carbocycles. The molecule has 2 heteroatoms. The van der Waals surface area contributed by atoms with Crippen molar-refractivity contribution < 1.29 is 9.90 Å². The highest BCUT2D eigenvalue weighted by Gasteiger charge is 2.54. The van der Waals surface area contributed by atoms with Crippen LogP contribution in [-0.4, -0.2) is 11.1 Å². The molecule has 0 spiro atoms. The van der Waals surface area contributed by atoms with Gasteiger partial charge in [0.1, 0.15) is 0 Å². The van der Waals surface area contributed by atoms with Crippen molar-refractivity contribution in [1.29, 1.82) is 0 Å². The SMILES string of the molecule is CCCC1CCC(C)(C2(C(=O)O)CCCCC2)CC1. The van der Waals surface area contributed by atoms with E-state index in [9.17, 15) is 9.90 Å². The predicted molar refractivity (Wildman–Crippen MR) is 78.1 cm³/mol. The Morgan fingerprint density at radius 1 is 1.11 bits per heavy atom. The summed E-state index contributed by atoms with van der Waals surface area (Å²) in [7, 11) is 0. The van der Waals surface area contributed by atoms with Gasteiger partial charge in [-0.25, -0.2) is 0 Å². The zero-order valence-electron chi connectivity index (χ0n) is 12.7. The fourth-order valence-corrected chi connectivity index (χ4v) is 4.72. The van der Waals surface area contributed by atoms with Gasteiger partial charge in [-0.2, -0.15) is 0 Å². The molecule has 19 heavy (non-hydrogen) atoms. The second-order valence-corrected chi connectivity index (χ2v) is 7.24. The monoisotopic (exact) mass is 266 g/mol. The van der Waals surface area contributed by atoms with Gasteiger partial charge in [-0.3, -0.25) is 4.79 Å². The quantitative estimate of drug-likeness (QED) is 0.776. The van der Waals surface area contributed by atoms with Crippen LogP contribution in [0.15, 0.2) is 0 Å². The topological polar surface area (TPSA) is 37.3 Å². The van der Waals surface area contributed by atoms with E-state index >= 15 is 0 Å². The Morgan fingerprint density at radius 2 is 1.68 bits per heavy atom. The van der Waals surface area contributed by atoms with Gasteiger partial charge >= 0.3 is 5.97 Å². The normalized spacial score (nSPS) is 34.9. The summed E-state index contributed by atoms with van der Waals surface area (Å²) in [5, 5.41) is 9.88. The third-order valence-electron chi connectivity index (χ3n) is 6.18. The molecule has 2 saturated carbocycles. The minimum absolute atomic E-state index is 0.0451. The first-order valence-corrected chi connectivity index (χ1v) is 8.27. The minimum atomic E-state index is -0.511. The first-order chi connectivity index (χ1) is 9.04. The summed E-state index contributed by atoms with van der Waals surface area (Å²) < 4.78 is 0. The molecule has 2 aliphatic rings. The van der Waals surface area contributed by atoms with Crippen LogP contribution in [0.3, 0.4) is 0 Å². The first-order valence-electron chi connectivity index (χ1n) is 8.27. The maximum Gasteiger partial charge on any atom is 0.310 e. The lowest BCUT2D eigenvalue weighted by atomic mass is 9.52. The molecule has 0 aromatic heterocycles. The van der Waals surface area contributed by atoms with Crippen LogP contribution in [0.2, 0.25) is 0 Å². The van der Waals surface area contributed by atoms with Crippen molar-refractivity contribution >= 4 is 5.97 Å². The van der Waals surface area contributed by atoms with Gasteiger partial charge in [0.2, 0.25) is 0 Å². The molecule has 2 fully saturated rings. The number of carboxylic acids is 1. The van der Waals surface area contributed by atoms with Crippen LogP contribution in [0, 0.1) is 16.7 Å². The summed E-state index contributed by atoms with van der Waals surface area (Å²) in [5.74, 6) is 0.344. The van der Waals surface area contributed by atoms with Crippen LogP contribution < -0.4 is 0 Å². The molecule has 0 aromatic carbocycles. The van der Waals surface area contributed by atoms with Gasteiger partial charge in [0.05, 0.1) is 5.41 Å². The second kappa shape index (κ2) is 5.85. The fourth-order valence-electron chi connectivity index (χ4n) is 4.72. The molecule has 0 aromatic rings. The van der Waals surface area contributed by atoms with Crippen LogP contribution in [0.5, 0.6) is 0 Å². The maximum absolute atomic E-state index is 12.0. The van der Waals surface area contributed by atoms with E-state index in [1.807, 2.05) is 0 Å². The Hall–Kier alpha value is -0.530. The van der Waals surface area contributed by atoms with Gasteiger partial charge in [-0.1, -0.05) is 46.0 Å². The predicted octanol–water partition coefficient (Wildman–Crippen LogP) is 5.02. The molecule has 0 aliphatic heterocycles. The van der Waals surface area contributed by atoms with Gasteiger partial charge < -0.3 is 5.11 Å². The van der Waals surface area contributed by atoms with Crippen molar-refractivity contribution in [1.82, 2.24) is 0 Å². The third-order valence-corrected chi connectivity index (χ3v) is 6.18. The van der Waals surface area contributed by atoms with E-state index in [-0.39, 0.29) is 5.41 Å². The van der Waals surface area contributed by atoms with E-state index in [0.29, 0.717) is 0 Å². The van der Waals surface area contributed by atoms with Crippen LogP contribution in [0.1, 0.15) is 84.5 Å². The van der Waals surface area contributed by atoms with Crippen molar-refractivity contribution in [2.45, 2.75) is 84.5 Å². The zero-order chi connectivity index (χ0) is 13.9. The van der Waals surface area contributed by atoms with E-state index in [0.717, 1.165) is 44.4 Å². The average Bonchev–Trinajstić information content (AvgIpc) is 2.42. The molecule has 0 unspecified atom stereocenters. The third kappa shape index (κ3) is 2.68. The van der Waals surface area contributed by atoms with E-state index in [1.165, 1.54) is 32.1 Å². The highest BCUT2D eigenvalue weighted by molar-refractivity contribution is 5.76. The van der Waals surface area contributed by atoms with E-state index in [4.69, 9.17) is 0 Å². The highest BCUT2D eigenvalue weighted by Crippen LogP contribution is 2.57. The number of carbonyl (C=O) groups is 1. The van der Waals surface area contributed by atoms with Crippen molar-refractivity contribution in [3.05, 3.63) is 0 Å². The van der Waals surface area contributed by atoms with E-state index in [2.05, 4.69) is 13.8 Å². The summed E-state index contributed by atoms with van der Waals surface area (Å²) in [6, 6.07) is 0. The van der Waals surface area contributed by atoms with Crippen LogP contribution in [-0.2, 0) is 4.79 Å². The number of hydrogen-bond donors (Lipinski definition) is 1. The molecular weight excluding hydrogens is 236 g/mol. The molecule has 2 rings (SSSR count). The zero-order valence-corrected chi connectivity index (χ0v) is 12.7. The second-order valence-electron chi connectivity index (χ2n) is 7.24. The Morgan fingerprint density at radius 3 is 2.16 bits per heavy atom. The minimum Gasteiger partial charge on any atom is -0.481 e. The largest absolute Gasteiger partial charge is 0.481 e. The Balaban J connectivity index is 2.11. The first kappa shape index (κ1) is 14.9. The van der Waals surface area contributed by atoms with E-state index < -0.39 is 11.4 Å². The molecule has 0 bridgehead atoms. The number of aliphatic carboxylic acids is 1. The Bertz CT molecular complexity index is 307. The smallest absolute Gasteiger partial charge is 0.310 e. The van der Waals surface area contributed by atoms with Gasteiger partial charge in [0.15, 0.2) is 0 Å². The van der Waals surface area contributed by atoms with Crippen LogP contribution >= 0.6 is 0 Å². The van der Waals surface area contributed by atoms with Crippen molar-refractivity contribution in [3.8, 4) is 0 Å².